The fraction of sp³-hybridized carbons (Fsp3) is 0.545. The van der Waals surface area contributed by atoms with Gasteiger partial charge in [-0.25, -0.2) is 4.21 Å². The highest BCUT2D eigenvalue weighted by Crippen LogP contribution is 2.47. The van der Waals surface area contributed by atoms with E-state index in [9.17, 15) is 9.00 Å². The summed E-state index contributed by atoms with van der Waals surface area (Å²) in [5, 5.41) is 0.772. The SMILES string of the molecule is CO[C@H]1/C=C/C[C@H](C)C[S@](C)(=O)=NC(=O)c2ccc3c(c2)N(C[C@@H]2CC[C@H]21)C[C@@]1(CCCc2cc(Cl)ccc21)CO3. The van der Waals surface area contributed by atoms with E-state index in [4.69, 9.17) is 21.1 Å². The van der Waals surface area contributed by atoms with Gasteiger partial charge in [0.1, 0.15) is 5.75 Å². The molecule has 1 amide bonds. The zero-order valence-electron chi connectivity index (χ0n) is 24.3. The van der Waals surface area contributed by atoms with Crippen LogP contribution < -0.4 is 9.64 Å². The second-order valence-electron chi connectivity index (χ2n) is 12.8. The molecule has 220 valence electrons. The lowest BCUT2D eigenvalue weighted by Gasteiger charge is -2.46. The number of allylic oxidation sites excluding steroid dienone is 1. The van der Waals surface area contributed by atoms with E-state index < -0.39 is 15.6 Å². The second kappa shape index (κ2) is 11.4. The molecule has 0 saturated heterocycles. The van der Waals surface area contributed by atoms with Crippen LogP contribution in [0.2, 0.25) is 5.02 Å². The predicted octanol–water partition coefficient (Wildman–Crippen LogP) is 6.69. The maximum atomic E-state index is 13.4. The first-order chi connectivity index (χ1) is 19.7. The van der Waals surface area contributed by atoms with Crippen molar-refractivity contribution < 1.29 is 18.5 Å². The Balaban J connectivity index is 1.44. The third kappa shape index (κ3) is 5.82. The number of nitrogens with zero attached hydrogens (tertiary/aromatic N) is 2. The summed E-state index contributed by atoms with van der Waals surface area (Å²) in [4.78, 5) is 15.8. The molecule has 1 fully saturated rings. The Morgan fingerprint density at radius 3 is 2.83 bits per heavy atom. The fourth-order valence-electron chi connectivity index (χ4n) is 7.49. The van der Waals surface area contributed by atoms with Crippen molar-refractivity contribution in [3.8, 4) is 5.75 Å². The van der Waals surface area contributed by atoms with Crippen LogP contribution in [0.5, 0.6) is 5.75 Å². The molecule has 6 atom stereocenters. The Morgan fingerprint density at radius 2 is 2.05 bits per heavy atom. The van der Waals surface area contributed by atoms with Crippen LogP contribution in [-0.4, -0.2) is 55.0 Å². The van der Waals surface area contributed by atoms with E-state index in [1.54, 1.807) is 19.4 Å². The number of halogens is 1. The molecule has 6 nitrogen and oxygen atoms in total. The minimum Gasteiger partial charge on any atom is -0.490 e. The Labute approximate surface area is 249 Å². The molecular formula is C33H41ClN2O4S. The lowest BCUT2D eigenvalue weighted by atomic mass is 9.68. The average Bonchev–Trinajstić information content (AvgIpc) is 3.06. The van der Waals surface area contributed by atoms with Gasteiger partial charge in [0.25, 0.3) is 5.91 Å². The highest BCUT2D eigenvalue weighted by molar-refractivity contribution is 7.93. The summed E-state index contributed by atoms with van der Waals surface area (Å²) >= 11 is 6.41. The van der Waals surface area contributed by atoms with Crippen molar-refractivity contribution >= 4 is 32.9 Å². The fourth-order valence-corrected chi connectivity index (χ4v) is 9.40. The third-order valence-electron chi connectivity index (χ3n) is 9.64. The van der Waals surface area contributed by atoms with Gasteiger partial charge in [-0.1, -0.05) is 36.7 Å². The van der Waals surface area contributed by atoms with Crippen LogP contribution in [0.15, 0.2) is 52.9 Å². The molecule has 2 heterocycles. The average molecular weight is 597 g/mol. The van der Waals surface area contributed by atoms with Crippen molar-refractivity contribution in [1.82, 2.24) is 0 Å². The van der Waals surface area contributed by atoms with Gasteiger partial charge in [0, 0.05) is 48.2 Å². The first kappa shape index (κ1) is 28.8. The molecule has 0 N–H and O–H groups in total. The first-order valence-electron chi connectivity index (χ1n) is 14.9. The Bertz CT molecular complexity index is 1480. The number of methoxy groups -OCH3 is 1. The number of ether oxygens (including phenoxy) is 2. The molecule has 1 spiro atoms. The standard InChI is InChI=1S/C33H41ClN2O4S/c1-22-6-4-8-30(39-2)27-12-9-25(27)18-36-20-33(15-5-7-23-16-26(34)11-13-28(23)33)21-40-31-14-10-24(17-29(31)36)32(37)35-41(3,38)19-22/h4,8,10-11,13-14,16-17,22,25,27,30H,5-7,9,12,15,18-21H2,1-3H3/b8-4+/t22-,25-,27+,30-,33-,41-/m0/s1. The molecule has 8 heteroatoms. The summed E-state index contributed by atoms with van der Waals surface area (Å²) < 4.78 is 30.2. The van der Waals surface area contributed by atoms with E-state index in [1.165, 1.54) is 11.1 Å². The molecule has 2 aliphatic heterocycles. The van der Waals surface area contributed by atoms with Crippen molar-refractivity contribution in [3.05, 3.63) is 70.3 Å². The highest BCUT2D eigenvalue weighted by atomic mass is 35.5. The minimum atomic E-state index is -2.68. The number of carbonyl (C=O) groups is 1. The summed E-state index contributed by atoms with van der Waals surface area (Å²) in [6, 6.07) is 11.9. The van der Waals surface area contributed by atoms with Gasteiger partial charge in [0.15, 0.2) is 0 Å². The molecule has 4 aliphatic rings. The van der Waals surface area contributed by atoms with E-state index in [0.717, 1.165) is 68.1 Å². The van der Waals surface area contributed by atoms with Crippen LogP contribution in [0.1, 0.15) is 60.5 Å². The summed E-state index contributed by atoms with van der Waals surface area (Å²) in [5.41, 5.74) is 3.82. The van der Waals surface area contributed by atoms with Crippen molar-refractivity contribution in [3.63, 3.8) is 0 Å². The molecule has 6 rings (SSSR count). The molecule has 41 heavy (non-hydrogen) atoms. The van der Waals surface area contributed by atoms with Gasteiger partial charge in [-0.3, -0.25) is 4.79 Å². The van der Waals surface area contributed by atoms with Gasteiger partial charge in [0.2, 0.25) is 0 Å². The molecule has 0 radical (unpaired) electrons. The largest absolute Gasteiger partial charge is 0.490 e. The summed E-state index contributed by atoms with van der Waals surface area (Å²) in [6.45, 7) is 4.29. The molecule has 0 aromatic heterocycles. The summed E-state index contributed by atoms with van der Waals surface area (Å²) in [7, 11) is -0.879. The molecule has 2 aromatic rings. The van der Waals surface area contributed by atoms with Gasteiger partial charge >= 0.3 is 0 Å². The zero-order chi connectivity index (χ0) is 28.8. The van der Waals surface area contributed by atoms with Gasteiger partial charge in [0.05, 0.1) is 28.1 Å². The third-order valence-corrected chi connectivity index (χ3v) is 11.6. The van der Waals surface area contributed by atoms with Gasteiger partial charge < -0.3 is 14.4 Å². The number of carbonyl (C=O) groups excluding carboxylic acids is 1. The number of hydrogen-bond donors (Lipinski definition) is 0. The Hall–Kier alpha value is -2.35. The maximum Gasteiger partial charge on any atom is 0.285 e. The predicted molar refractivity (Wildman–Crippen MR) is 166 cm³/mol. The second-order valence-corrected chi connectivity index (χ2v) is 15.7. The summed E-state index contributed by atoms with van der Waals surface area (Å²) in [5.74, 6) is 1.76. The highest BCUT2D eigenvalue weighted by Gasteiger charge is 2.44. The Kier molecular flexibility index (Phi) is 7.98. The number of amides is 1. The number of rotatable bonds is 1. The smallest absolute Gasteiger partial charge is 0.285 e. The van der Waals surface area contributed by atoms with E-state index >= 15 is 0 Å². The van der Waals surface area contributed by atoms with E-state index in [2.05, 4.69) is 40.5 Å². The first-order valence-corrected chi connectivity index (χ1v) is 17.4. The number of hydrogen-bond acceptors (Lipinski definition) is 5. The molecule has 2 bridgehead atoms. The molecular weight excluding hydrogens is 556 g/mol. The molecule has 0 unspecified atom stereocenters. The van der Waals surface area contributed by atoms with Crippen LogP contribution in [0.3, 0.4) is 0 Å². The normalized spacial score (nSPS) is 34.3. The zero-order valence-corrected chi connectivity index (χ0v) is 25.9. The minimum absolute atomic E-state index is 0.0478. The summed E-state index contributed by atoms with van der Waals surface area (Å²) in [6.07, 6.45) is 12.2. The van der Waals surface area contributed by atoms with Crippen molar-refractivity contribution in [2.75, 3.05) is 43.7 Å². The molecule has 2 aliphatic carbocycles. The van der Waals surface area contributed by atoms with E-state index in [-0.39, 0.29) is 17.4 Å². The topological polar surface area (TPSA) is 68.2 Å². The van der Waals surface area contributed by atoms with Crippen LogP contribution in [0.4, 0.5) is 5.69 Å². The van der Waals surface area contributed by atoms with Crippen molar-refractivity contribution in [1.29, 1.82) is 0 Å². The number of aryl methyl sites for hydroxylation is 1. The quantitative estimate of drug-likeness (QED) is 0.343. The van der Waals surface area contributed by atoms with Crippen molar-refractivity contribution in [2.24, 2.45) is 22.1 Å². The van der Waals surface area contributed by atoms with Crippen LogP contribution >= 0.6 is 11.6 Å². The van der Waals surface area contributed by atoms with Gasteiger partial charge in [-0.2, -0.15) is 4.36 Å². The Morgan fingerprint density at radius 1 is 1.20 bits per heavy atom. The number of anilines is 1. The van der Waals surface area contributed by atoms with Gasteiger partial charge in [-0.05, 0) is 97.7 Å². The van der Waals surface area contributed by atoms with Crippen molar-refractivity contribution in [2.45, 2.75) is 57.0 Å². The van der Waals surface area contributed by atoms with E-state index in [1.807, 2.05) is 18.2 Å². The monoisotopic (exact) mass is 596 g/mol. The number of benzene rings is 2. The number of fused-ring (bicyclic) bond motifs is 4. The lowest BCUT2D eigenvalue weighted by Crippen LogP contribution is -2.49. The molecule has 2 aromatic carbocycles. The van der Waals surface area contributed by atoms with Crippen LogP contribution in [0, 0.1) is 17.8 Å². The maximum absolute atomic E-state index is 13.4. The van der Waals surface area contributed by atoms with Gasteiger partial charge in [-0.15, -0.1) is 0 Å². The lowest BCUT2D eigenvalue weighted by molar-refractivity contribution is 0.0131. The van der Waals surface area contributed by atoms with E-state index in [0.29, 0.717) is 29.8 Å². The van der Waals surface area contributed by atoms with Crippen LogP contribution in [0.25, 0.3) is 0 Å². The molecule has 1 saturated carbocycles. The van der Waals surface area contributed by atoms with Crippen LogP contribution in [-0.2, 0) is 26.3 Å².